The highest BCUT2D eigenvalue weighted by Crippen LogP contribution is 2.24. The number of amides is 1. The van der Waals surface area contributed by atoms with E-state index in [2.05, 4.69) is 0 Å². The van der Waals surface area contributed by atoms with E-state index in [0.29, 0.717) is 12.8 Å². The maximum absolute atomic E-state index is 13.0. The summed E-state index contributed by atoms with van der Waals surface area (Å²) >= 11 is 0. The van der Waals surface area contributed by atoms with E-state index in [4.69, 9.17) is 4.74 Å². The Morgan fingerprint density at radius 2 is 1.78 bits per heavy atom. The van der Waals surface area contributed by atoms with E-state index >= 15 is 0 Å². The number of rotatable bonds is 6. The Morgan fingerprint density at radius 3 is 2.30 bits per heavy atom. The lowest BCUT2D eigenvalue weighted by atomic mass is 9.98. The highest BCUT2D eigenvalue weighted by molar-refractivity contribution is 7.89. The van der Waals surface area contributed by atoms with Gasteiger partial charge in [-0.2, -0.15) is 4.31 Å². The fraction of sp³-hybridized carbons (Fsp3) is 0.556. The normalized spacial score (nSPS) is 16.3. The molecule has 1 aliphatic rings. The first-order chi connectivity index (χ1) is 12.6. The summed E-state index contributed by atoms with van der Waals surface area (Å²) < 4.78 is 44.5. The highest BCUT2D eigenvalue weighted by atomic mass is 32.2. The zero-order valence-corrected chi connectivity index (χ0v) is 16.5. The molecule has 0 aromatic heterocycles. The monoisotopic (exact) mass is 400 g/mol. The second kappa shape index (κ2) is 8.79. The van der Waals surface area contributed by atoms with Crippen LogP contribution in [0.4, 0.5) is 4.39 Å². The second-order valence-electron chi connectivity index (χ2n) is 6.84. The van der Waals surface area contributed by atoms with Crippen LogP contribution in [0.25, 0.3) is 0 Å². The molecule has 0 spiro atoms. The van der Waals surface area contributed by atoms with Crippen molar-refractivity contribution < 1.29 is 27.1 Å². The van der Waals surface area contributed by atoms with Gasteiger partial charge in [0.2, 0.25) is 10.0 Å². The summed E-state index contributed by atoms with van der Waals surface area (Å²) in [5.41, 5.74) is 0. The van der Waals surface area contributed by atoms with Gasteiger partial charge in [0, 0.05) is 26.2 Å². The fourth-order valence-corrected chi connectivity index (χ4v) is 4.20. The lowest BCUT2D eigenvalue weighted by molar-refractivity contribution is -0.156. The first kappa shape index (κ1) is 21.3. The number of halogens is 1. The van der Waals surface area contributed by atoms with Gasteiger partial charge in [0.05, 0.1) is 10.8 Å². The van der Waals surface area contributed by atoms with Gasteiger partial charge in [-0.05, 0) is 51.0 Å². The molecule has 0 saturated carbocycles. The Hall–Kier alpha value is -2.00. The van der Waals surface area contributed by atoms with Crippen molar-refractivity contribution >= 4 is 21.9 Å². The van der Waals surface area contributed by atoms with E-state index in [1.807, 2.05) is 13.8 Å². The van der Waals surface area contributed by atoms with Gasteiger partial charge in [0.25, 0.3) is 5.91 Å². The molecule has 1 aliphatic heterocycles. The van der Waals surface area contributed by atoms with Gasteiger partial charge >= 0.3 is 5.97 Å². The summed E-state index contributed by atoms with van der Waals surface area (Å²) in [5, 5.41) is 0. The Balaban J connectivity index is 1.88. The quantitative estimate of drug-likeness (QED) is 0.678. The minimum atomic E-state index is -3.72. The van der Waals surface area contributed by atoms with Crippen molar-refractivity contribution in [1.29, 1.82) is 0 Å². The van der Waals surface area contributed by atoms with Gasteiger partial charge in [0.15, 0.2) is 6.61 Å². The molecule has 27 heavy (non-hydrogen) atoms. The number of hydrogen-bond donors (Lipinski definition) is 0. The fourth-order valence-electron chi connectivity index (χ4n) is 2.73. The molecular formula is C18H25FN2O5S. The number of hydrogen-bond acceptors (Lipinski definition) is 5. The van der Waals surface area contributed by atoms with Gasteiger partial charge < -0.3 is 9.64 Å². The zero-order chi connectivity index (χ0) is 20.2. The van der Waals surface area contributed by atoms with Crippen LogP contribution in [0, 0.1) is 11.7 Å². The second-order valence-corrected chi connectivity index (χ2v) is 8.78. The predicted octanol–water partition coefficient (Wildman–Crippen LogP) is 1.64. The average molecular weight is 400 g/mol. The molecule has 150 valence electrons. The van der Waals surface area contributed by atoms with E-state index in [1.54, 1.807) is 7.05 Å². The predicted molar refractivity (Wildman–Crippen MR) is 96.7 cm³/mol. The number of carbonyl (C=O) groups excluding carboxylic acids is 2. The summed E-state index contributed by atoms with van der Waals surface area (Å²) in [7, 11) is -2.08. The number of nitrogens with zero attached hydrogens (tertiary/aromatic N) is 2. The maximum atomic E-state index is 13.0. The van der Waals surface area contributed by atoms with E-state index in [9.17, 15) is 22.4 Å². The number of carbonyl (C=O) groups is 2. The molecule has 0 unspecified atom stereocenters. The van der Waals surface area contributed by atoms with Crippen LogP contribution in [0.1, 0.15) is 26.7 Å². The van der Waals surface area contributed by atoms with Crippen molar-refractivity contribution in [3.05, 3.63) is 30.1 Å². The molecule has 7 nitrogen and oxygen atoms in total. The third-order valence-corrected chi connectivity index (χ3v) is 6.66. The molecule has 1 amide bonds. The molecule has 1 fully saturated rings. The SMILES string of the molecule is CC(C)N(C)C(=O)COC(=O)C1CCN(S(=O)(=O)c2ccc(F)cc2)CC1. The van der Waals surface area contributed by atoms with Crippen molar-refractivity contribution in [3.63, 3.8) is 0 Å². The Morgan fingerprint density at radius 1 is 1.22 bits per heavy atom. The van der Waals surface area contributed by atoms with Crippen LogP contribution < -0.4 is 0 Å². The number of likely N-dealkylation sites (N-methyl/N-ethyl adjacent to an activating group) is 1. The van der Waals surface area contributed by atoms with Crippen LogP contribution in [0.2, 0.25) is 0 Å². The minimum absolute atomic E-state index is 0.0103. The number of ether oxygens (including phenoxy) is 1. The summed E-state index contributed by atoms with van der Waals surface area (Å²) in [5.74, 6) is -1.72. The molecular weight excluding hydrogens is 375 g/mol. The lowest BCUT2D eigenvalue weighted by Crippen LogP contribution is -2.41. The molecule has 0 atom stereocenters. The molecule has 0 aliphatic carbocycles. The molecule has 0 bridgehead atoms. The number of benzene rings is 1. The maximum Gasteiger partial charge on any atom is 0.309 e. The van der Waals surface area contributed by atoms with E-state index in [1.165, 1.54) is 21.3 Å². The zero-order valence-electron chi connectivity index (χ0n) is 15.7. The lowest BCUT2D eigenvalue weighted by Gasteiger charge is -2.30. The molecule has 1 aromatic carbocycles. The van der Waals surface area contributed by atoms with Crippen LogP contribution in [0.15, 0.2) is 29.2 Å². The van der Waals surface area contributed by atoms with Gasteiger partial charge in [-0.25, -0.2) is 12.8 Å². The average Bonchev–Trinajstić information content (AvgIpc) is 2.65. The standard InChI is InChI=1S/C18H25FN2O5S/c1-13(2)20(3)17(22)12-26-18(23)14-8-10-21(11-9-14)27(24,25)16-6-4-15(19)5-7-16/h4-7,13-14H,8-12H2,1-3H3. The van der Waals surface area contributed by atoms with E-state index in [0.717, 1.165) is 12.1 Å². The largest absolute Gasteiger partial charge is 0.455 e. The van der Waals surface area contributed by atoms with Crippen LogP contribution in [0.3, 0.4) is 0 Å². The van der Waals surface area contributed by atoms with Crippen molar-refractivity contribution in [3.8, 4) is 0 Å². The van der Waals surface area contributed by atoms with Crippen molar-refractivity contribution in [2.75, 3.05) is 26.7 Å². The van der Waals surface area contributed by atoms with Crippen molar-refractivity contribution in [2.24, 2.45) is 5.92 Å². The molecule has 1 aromatic rings. The Kier molecular flexibility index (Phi) is 6.94. The van der Waals surface area contributed by atoms with Gasteiger partial charge in [-0.3, -0.25) is 9.59 Å². The third kappa shape index (κ3) is 5.26. The molecule has 0 N–H and O–H groups in total. The van der Waals surface area contributed by atoms with E-state index < -0.39 is 27.7 Å². The Labute approximate surface area is 159 Å². The number of sulfonamides is 1. The van der Waals surface area contributed by atoms with Crippen LogP contribution in [0.5, 0.6) is 0 Å². The number of piperidine rings is 1. The molecule has 0 radical (unpaired) electrons. The molecule has 1 saturated heterocycles. The third-order valence-electron chi connectivity index (χ3n) is 4.74. The van der Waals surface area contributed by atoms with Crippen LogP contribution in [-0.2, 0) is 24.3 Å². The topological polar surface area (TPSA) is 84.0 Å². The molecule has 2 rings (SSSR count). The van der Waals surface area contributed by atoms with Crippen LogP contribution in [-0.4, -0.2) is 62.3 Å². The minimum Gasteiger partial charge on any atom is -0.455 e. The van der Waals surface area contributed by atoms with E-state index in [-0.39, 0.29) is 36.5 Å². The first-order valence-electron chi connectivity index (χ1n) is 8.81. The van der Waals surface area contributed by atoms with Gasteiger partial charge in [-0.1, -0.05) is 0 Å². The Bertz CT molecular complexity index is 771. The van der Waals surface area contributed by atoms with Gasteiger partial charge in [0.1, 0.15) is 5.82 Å². The summed E-state index contributed by atoms with van der Waals surface area (Å²) in [4.78, 5) is 25.5. The van der Waals surface area contributed by atoms with Crippen molar-refractivity contribution in [1.82, 2.24) is 9.21 Å². The first-order valence-corrected chi connectivity index (χ1v) is 10.2. The van der Waals surface area contributed by atoms with Crippen molar-refractivity contribution in [2.45, 2.75) is 37.6 Å². The smallest absolute Gasteiger partial charge is 0.309 e. The summed E-state index contributed by atoms with van der Waals surface area (Å²) in [6, 6.07) is 4.66. The molecule has 9 heteroatoms. The molecule has 1 heterocycles. The summed E-state index contributed by atoms with van der Waals surface area (Å²) in [6.45, 7) is 3.73. The number of esters is 1. The highest BCUT2D eigenvalue weighted by Gasteiger charge is 2.33. The van der Waals surface area contributed by atoms with Crippen LogP contribution >= 0.6 is 0 Å². The van der Waals surface area contributed by atoms with Gasteiger partial charge in [-0.15, -0.1) is 0 Å². The summed E-state index contributed by atoms with van der Waals surface area (Å²) in [6.07, 6.45) is 0.626.